The Kier molecular flexibility index (Phi) is 7.33. The molecule has 0 aliphatic rings. The minimum absolute atomic E-state index is 0.120. The number of hydrogen-bond acceptors (Lipinski definition) is 4. The topological polar surface area (TPSA) is 89.3 Å². The lowest BCUT2D eigenvalue weighted by atomic mass is 10.3. The van der Waals surface area contributed by atoms with E-state index in [1.807, 2.05) is 13.8 Å². The van der Waals surface area contributed by atoms with Gasteiger partial charge in [-0.25, -0.2) is 8.42 Å². The summed E-state index contributed by atoms with van der Waals surface area (Å²) in [6, 6.07) is -0.381. The van der Waals surface area contributed by atoms with Gasteiger partial charge in [-0.15, -0.1) is 0 Å². The summed E-state index contributed by atoms with van der Waals surface area (Å²) < 4.78 is 23.0. The van der Waals surface area contributed by atoms with Gasteiger partial charge >= 0.3 is 0 Å². The van der Waals surface area contributed by atoms with E-state index in [1.54, 1.807) is 0 Å². The molecular formula is C10H22N2O3S. The van der Waals surface area contributed by atoms with E-state index >= 15 is 0 Å². The second-order valence-electron chi connectivity index (χ2n) is 3.93. The van der Waals surface area contributed by atoms with Gasteiger partial charge in [-0.2, -0.15) is 0 Å². The zero-order valence-electron chi connectivity index (χ0n) is 10.0. The molecule has 6 heteroatoms. The number of carbonyl (C=O) groups is 1. The van der Waals surface area contributed by atoms with Crippen LogP contribution in [-0.2, 0) is 14.6 Å². The van der Waals surface area contributed by atoms with Crippen molar-refractivity contribution in [2.75, 3.05) is 18.1 Å². The highest BCUT2D eigenvalue weighted by atomic mass is 32.2. The Morgan fingerprint density at radius 2 is 2.00 bits per heavy atom. The van der Waals surface area contributed by atoms with Crippen molar-refractivity contribution in [1.82, 2.24) is 5.32 Å². The molecule has 0 bridgehead atoms. The van der Waals surface area contributed by atoms with E-state index in [4.69, 9.17) is 5.73 Å². The lowest BCUT2D eigenvalue weighted by molar-refractivity contribution is -0.118. The number of hydrogen-bond donors (Lipinski definition) is 2. The van der Waals surface area contributed by atoms with Gasteiger partial charge in [-0.3, -0.25) is 4.79 Å². The summed E-state index contributed by atoms with van der Waals surface area (Å²) in [5.41, 5.74) is 5.55. The summed E-state index contributed by atoms with van der Waals surface area (Å²) in [7, 11) is -3.37. The molecule has 0 rings (SSSR count). The van der Waals surface area contributed by atoms with E-state index in [0.717, 1.165) is 12.8 Å². The Balaban J connectivity index is 4.01. The van der Waals surface area contributed by atoms with Gasteiger partial charge in [-0.1, -0.05) is 20.3 Å². The minimum atomic E-state index is -3.37. The van der Waals surface area contributed by atoms with Crippen molar-refractivity contribution in [2.45, 2.75) is 39.2 Å². The average molecular weight is 250 g/mol. The lowest BCUT2D eigenvalue weighted by Crippen LogP contribution is -2.36. The third-order valence-corrected chi connectivity index (χ3v) is 3.83. The van der Waals surface area contributed by atoms with Gasteiger partial charge in [0.25, 0.3) is 0 Å². The molecule has 16 heavy (non-hydrogen) atoms. The number of carbonyl (C=O) groups excluding carboxylic acids is 1. The van der Waals surface area contributed by atoms with Gasteiger partial charge in [0.05, 0.1) is 5.75 Å². The predicted molar refractivity (Wildman–Crippen MR) is 64.8 cm³/mol. The molecule has 0 heterocycles. The van der Waals surface area contributed by atoms with Crippen LogP contribution >= 0.6 is 0 Å². The van der Waals surface area contributed by atoms with Crippen LogP contribution in [0.15, 0.2) is 0 Å². The highest BCUT2D eigenvalue weighted by molar-refractivity contribution is 7.92. The Labute approximate surface area is 97.7 Å². The van der Waals surface area contributed by atoms with Gasteiger partial charge in [0, 0.05) is 12.6 Å². The maximum Gasteiger partial charge on any atom is 0.235 e. The quantitative estimate of drug-likeness (QED) is 0.596. The van der Waals surface area contributed by atoms with Crippen molar-refractivity contribution in [2.24, 2.45) is 5.73 Å². The van der Waals surface area contributed by atoms with Crippen LogP contribution in [0.1, 0.15) is 33.1 Å². The monoisotopic (exact) mass is 250 g/mol. The molecule has 1 amide bonds. The summed E-state index contributed by atoms with van der Waals surface area (Å²) in [6.45, 7) is 4.36. The van der Waals surface area contributed by atoms with E-state index in [-0.39, 0.29) is 11.8 Å². The average Bonchev–Trinajstić information content (AvgIpc) is 2.16. The summed E-state index contributed by atoms with van der Waals surface area (Å²) >= 11 is 0. The second-order valence-corrected chi connectivity index (χ2v) is 6.04. The summed E-state index contributed by atoms with van der Waals surface area (Å²) in [5, 5.41) is 2.57. The first-order valence-corrected chi connectivity index (χ1v) is 7.46. The molecule has 0 saturated carbocycles. The normalized spacial score (nSPS) is 13.4. The molecule has 0 aliphatic carbocycles. The van der Waals surface area contributed by atoms with Crippen molar-refractivity contribution in [3.8, 4) is 0 Å². The van der Waals surface area contributed by atoms with Crippen LogP contribution in [0.4, 0.5) is 0 Å². The Hall–Kier alpha value is -0.620. The van der Waals surface area contributed by atoms with Crippen LogP contribution < -0.4 is 11.1 Å². The van der Waals surface area contributed by atoms with Crippen LogP contribution in [0.5, 0.6) is 0 Å². The second kappa shape index (κ2) is 7.62. The number of sulfone groups is 1. The van der Waals surface area contributed by atoms with Crippen LogP contribution in [0, 0.1) is 0 Å². The van der Waals surface area contributed by atoms with Crippen molar-refractivity contribution < 1.29 is 13.2 Å². The Bertz CT molecular complexity index is 301. The summed E-state index contributed by atoms with van der Waals surface area (Å²) in [5.74, 6) is -1.01. The third kappa shape index (κ3) is 7.64. The smallest absolute Gasteiger partial charge is 0.235 e. The molecule has 0 saturated heterocycles. The van der Waals surface area contributed by atoms with E-state index in [9.17, 15) is 13.2 Å². The van der Waals surface area contributed by atoms with Crippen molar-refractivity contribution in [1.29, 1.82) is 0 Å². The molecule has 5 nitrogen and oxygen atoms in total. The molecule has 3 N–H and O–H groups in total. The van der Waals surface area contributed by atoms with Gasteiger partial charge in [0.1, 0.15) is 5.75 Å². The number of unbranched alkanes of at least 4 members (excludes halogenated alkanes) is 1. The first kappa shape index (κ1) is 15.4. The molecule has 0 aliphatic heterocycles. The van der Waals surface area contributed by atoms with Crippen LogP contribution in [0.25, 0.3) is 0 Å². The maximum absolute atomic E-state index is 11.5. The van der Waals surface area contributed by atoms with Gasteiger partial charge in [0.2, 0.25) is 5.91 Å². The first-order chi connectivity index (χ1) is 7.41. The summed E-state index contributed by atoms with van der Waals surface area (Å²) in [4.78, 5) is 11.3. The zero-order valence-corrected chi connectivity index (χ0v) is 10.8. The minimum Gasteiger partial charge on any atom is -0.355 e. The number of nitrogens with two attached hydrogens (primary N) is 1. The van der Waals surface area contributed by atoms with Gasteiger partial charge < -0.3 is 11.1 Å². The number of nitrogens with one attached hydrogen (secondary N) is 1. The largest absolute Gasteiger partial charge is 0.355 e. The molecular weight excluding hydrogens is 228 g/mol. The molecule has 0 fully saturated rings. The molecule has 0 spiro atoms. The van der Waals surface area contributed by atoms with E-state index in [2.05, 4.69) is 5.32 Å². The predicted octanol–water partition coefficient (Wildman–Crippen LogP) is 0.0548. The van der Waals surface area contributed by atoms with E-state index < -0.39 is 21.5 Å². The number of rotatable bonds is 8. The van der Waals surface area contributed by atoms with Crippen molar-refractivity contribution >= 4 is 15.7 Å². The molecule has 1 atom stereocenters. The highest BCUT2D eigenvalue weighted by Gasteiger charge is 2.19. The third-order valence-electron chi connectivity index (χ3n) is 2.20. The van der Waals surface area contributed by atoms with E-state index in [0.29, 0.717) is 13.0 Å². The van der Waals surface area contributed by atoms with Crippen molar-refractivity contribution in [3.63, 3.8) is 0 Å². The Morgan fingerprint density at radius 1 is 1.38 bits per heavy atom. The SMILES string of the molecule is CCCCNC(=O)CS(=O)(=O)CC(N)CC. The molecule has 0 radical (unpaired) electrons. The van der Waals surface area contributed by atoms with Crippen molar-refractivity contribution in [3.05, 3.63) is 0 Å². The van der Waals surface area contributed by atoms with E-state index in [1.165, 1.54) is 0 Å². The van der Waals surface area contributed by atoms with Crippen LogP contribution in [0.2, 0.25) is 0 Å². The number of amides is 1. The van der Waals surface area contributed by atoms with Gasteiger partial charge in [0.15, 0.2) is 9.84 Å². The fraction of sp³-hybridized carbons (Fsp3) is 0.900. The molecule has 96 valence electrons. The first-order valence-electron chi connectivity index (χ1n) is 5.64. The van der Waals surface area contributed by atoms with Crippen LogP contribution in [0.3, 0.4) is 0 Å². The molecule has 0 aromatic rings. The maximum atomic E-state index is 11.5. The zero-order chi connectivity index (χ0) is 12.6. The molecule has 0 aromatic heterocycles. The fourth-order valence-corrected chi connectivity index (χ4v) is 2.67. The standard InChI is InChI=1S/C10H22N2O3S/c1-3-5-6-12-10(13)8-16(14,15)7-9(11)4-2/h9H,3-8,11H2,1-2H3,(H,12,13). The molecule has 0 aromatic carbocycles. The van der Waals surface area contributed by atoms with Gasteiger partial charge in [-0.05, 0) is 12.8 Å². The summed E-state index contributed by atoms with van der Waals surface area (Å²) in [6.07, 6.45) is 2.42. The highest BCUT2D eigenvalue weighted by Crippen LogP contribution is 1.96. The fourth-order valence-electron chi connectivity index (χ4n) is 1.16. The molecule has 1 unspecified atom stereocenters. The lowest BCUT2D eigenvalue weighted by Gasteiger charge is -2.09. The van der Waals surface area contributed by atoms with Crippen LogP contribution in [-0.4, -0.2) is 38.4 Å². The Morgan fingerprint density at radius 3 is 2.50 bits per heavy atom.